The Morgan fingerprint density at radius 3 is 2.85 bits per heavy atom. The minimum Gasteiger partial charge on any atom is -0.379 e. The highest BCUT2D eigenvalue weighted by Gasteiger charge is 2.30. The van der Waals surface area contributed by atoms with Gasteiger partial charge in [-0.25, -0.2) is 4.98 Å². The molecule has 27 heavy (non-hydrogen) atoms. The van der Waals surface area contributed by atoms with Gasteiger partial charge in [0.1, 0.15) is 11.3 Å². The summed E-state index contributed by atoms with van der Waals surface area (Å²) in [4.78, 5) is 9.91. The molecule has 0 aliphatic carbocycles. The van der Waals surface area contributed by atoms with Crippen LogP contribution in [-0.4, -0.2) is 51.2 Å². The molecule has 1 aromatic heterocycles. The van der Waals surface area contributed by atoms with Gasteiger partial charge in [0.15, 0.2) is 0 Å². The fourth-order valence-electron chi connectivity index (χ4n) is 3.09. The van der Waals surface area contributed by atoms with Gasteiger partial charge in [-0.2, -0.15) is 0 Å². The van der Waals surface area contributed by atoms with E-state index in [0.29, 0.717) is 11.3 Å². The number of benzene rings is 1. The van der Waals surface area contributed by atoms with E-state index in [2.05, 4.69) is 48.4 Å². The molecule has 2 aliphatic rings. The van der Waals surface area contributed by atoms with Crippen LogP contribution in [0.15, 0.2) is 29.3 Å². The second kappa shape index (κ2) is 9.89. The quantitative estimate of drug-likeness (QED) is 0.345. The normalized spacial score (nSPS) is 19.0. The number of rotatable bonds is 3. The van der Waals surface area contributed by atoms with E-state index in [1.807, 2.05) is 30.2 Å². The van der Waals surface area contributed by atoms with Crippen LogP contribution in [-0.2, 0) is 11.3 Å². The van der Waals surface area contributed by atoms with Crippen LogP contribution in [0.5, 0.6) is 0 Å². The number of morpholine rings is 1. The molecule has 1 fully saturated rings. The van der Waals surface area contributed by atoms with E-state index in [-0.39, 0.29) is 5.50 Å². The van der Waals surface area contributed by atoms with Gasteiger partial charge in [-0.05, 0) is 41.3 Å². The summed E-state index contributed by atoms with van der Waals surface area (Å²) in [6.45, 7) is 6.12. The van der Waals surface area contributed by atoms with Gasteiger partial charge < -0.3 is 10.1 Å². The van der Waals surface area contributed by atoms with Crippen molar-refractivity contribution in [3.8, 4) is 0 Å². The Morgan fingerprint density at radius 2 is 2.11 bits per heavy atom. The first-order valence-electron chi connectivity index (χ1n) is 8.60. The van der Waals surface area contributed by atoms with Gasteiger partial charge in [-0.3, -0.25) is 9.47 Å². The predicted molar refractivity (Wildman–Crippen MR) is 124 cm³/mol. The van der Waals surface area contributed by atoms with Crippen LogP contribution < -0.4 is 5.32 Å². The van der Waals surface area contributed by atoms with Gasteiger partial charge in [0.05, 0.1) is 24.7 Å². The largest absolute Gasteiger partial charge is 0.379 e. The fourth-order valence-corrected chi connectivity index (χ4v) is 4.66. The molecule has 0 spiro atoms. The van der Waals surface area contributed by atoms with Crippen LogP contribution in [0.3, 0.4) is 0 Å². The summed E-state index contributed by atoms with van der Waals surface area (Å²) in [5.41, 5.74) is 2.43. The molecule has 0 bridgehead atoms. The number of nitrogens with zero attached hydrogens (tertiary/aromatic N) is 3. The summed E-state index contributed by atoms with van der Waals surface area (Å²) < 4.78 is 8.10. The number of ether oxygens (including phenoxy) is 1. The van der Waals surface area contributed by atoms with Gasteiger partial charge in [-0.15, -0.1) is 0 Å². The van der Waals surface area contributed by atoms with E-state index in [1.165, 1.54) is 0 Å². The zero-order valence-corrected chi connectivity index (χ0v) is 19.8. The van der Waals surface area contributed by atoms with E-state index >= 15 is 0 Å². The van der Waals surface area contributed by atoms with Gasteiger partial charge in [0.2, 0.25) is 4.77 Å². The van der Waals surface area contributed by atoms with Gasteiger partial charge >= 0.3 is 0 Å². The molecule has 2 aliphatic heterocycles. The lowest BCUT2D eigenvalue weighted by molar-refractivity contribution is 0.0365. The molecule has 1 atom stereocenters. The highest BCUT2D eigenvalue weighted by molar-refractivity contribution is 14.1. The Kier molecular flexibility index (Phi) is 7.81. The maximum atomic E-state index is 6.27. The van der Waals surface area contributed by atoms with Crippen molar-refractivity contribution in [1.82, 2.24) is 14.5 Å². The summed E-state index contributed by atoms with van der Waals surface area (Å²) in [6, 6.07) is 5.98. The third-order valence-electron chi connectivity index (χ3n) is 4.61. The number of nitrogens with one attached hydrogen (secondary N) is 1. The third-order valence-corrected chi connectivity index (χ3v) is 6.54. The molecule has 9 heteroatoms. The van der Waals surface area contributed by atoms with Crippen molar-refractivity contribution < 1.29 is 4.74 Å². The molecule has 1 N–H and O–H groups in total. The Balaban J connectivity index is 0.00000102. The first-order chi connectivity index (χ1) is 13.1. The van der Waals surface area contributed by atoms with E-state index in [1.54, 1.807) is 11.8 Å². The predicted octanol–water partition coefficient (Wildman–Crippen LogP) is 4.81. The van der Waals surface area contributed by atoms with Crippen LogP contribution in [0, 0.1) is 11.7 Å². The Hall–Kier alpha value is -0.390. The lowest BCUT2D eigenvalue weighted by atomic mass is 10.1. The van der Waals surface area contributed by atoms with Crippen LogP contribution in [0.25, 0.3) is 0 Å². The number of halogens is 2. The van der Waals surface area contributed by atoms with Gasteiger partial charge in [0, 0.05) is 24.3 Å². The first kappa shape index (κ1) is 21.3. The van der Waals surface area contributed by atoms with Crippen molar-refractivity contribution in [1.29, 1.82) is 0 Å². The lowest BCUT2D eigenvalue weighted by Gasteiger charge is -2.31. The maximum Gasteiger partial charge on any atom is 0.201 e. The van der Waals surface area contributed by atoms with Crippen molar-refractivity contribution in [2.24, 2.45) is 0 Å². The van der Waals surface area contributed by atoms with E-state index in [4.69, 9.17) is 28.6 Å². The van der Waals surface area contributed by atoms with Crippen molar-refractivity contribution in [2.75, 3.05) is 36.6 Å². The van der Waals surface area contributed by atoms with E-state index in [9.17, 15) is 0 Å². The SMILES string of the molecule is CI.Cc1c(Cl)cccc1Cn1c2c(cnc1=S)SC(N1CCOCC1)N2. The molecule has 3 heterocycles. The molecule has 0 amide bonds. The van der Waals surface area contributed by atoms with Crippen LogP contribution >= 0.6 is 58.2 Å². The van der Waals surface area contributed by atoms with E-state index in [0.717, 1.165) is 53.2 Å². The average molecular weight is 537 g/mol. The molecule has 1 unspecified atom stereocenters. The average Bonchev–Trinajstić information content (AvgIpc) is 3.14. The minimum atomic E-state index is 0.198. The summed E-state index contributed by atoms with van der Waals surface area (Å²) in [7, 11) is 0. The van der Waals surface area contributed by atoms with Crippen LogP contribution in [0.1, 0.15) is 11.1 Å². The molecular formula is C18H22ClIN4OS2. The van der Waals surface area contributed by atoms with Crippen LogP contribution in [0.4, 0.5) is 5.82 Å². The number of aromatic nitrogens is 2. The lowest BCUT2D eigenvalue weighted by Crippen LogP contribution is -2.44. The summed E-state index contributed by atoms with van der Waals surface area (Å²) in [5.74, 6) is 1.04. The smallest absolute Gasteiger partial charge is 0.201 e. The zero-order valence-electron chi connectivity index (χ0n) is 15.2. The zero-order chi connectivity index (χ0) is 19.4. The summed E-state index contributed by atoms with van der Waals surface area (Å²) in [6.07, 6.45) is 1.87. The van der Waals surface area contributed by atoms with Crippen molar-refractivity contribution >= 4 is 64.0 Å². The number of thioether (sulfide) groups is 1. The van der Waals surface area contributed by atoms with Gasteiger partial charge in [-0.1, -0.05) is 58.1 Å². The molecular weight excluding hydrogens is 515 g/mol. The molecule has 146 valence electrons. The van der Waals surface area contributed by atoms with Crippen LogP contribution in [0.2, 0.25) is 5.02 Å². The molecule has 0 radical (unpaired) electrons. The number of fused-ring (bicyclic) bond motifs is 1. The Morgan fingerprint density at radius 1 is 1.37 bits per heavy atom. The Labute approximate surface area is 188 Å². The number of anilines is 1. The first-order valence-corrected chi connectivity index (χ1v) is 12.4. The highest BCUT2D eigenvalue weighted by Crippen LogP contribution is 2.39. The monoisotopic (exact) mass is 536 g/mol. The van der Waals surface area contributed by atoms with Crippen molar-refractivity contribution in [3.63, 3.8) is 0 Å². The minimum absolute atomic E-state index is 0.198. The molecule has 4 rings (SSSR count). The maximum absolute atomic E-state index is 6.27. The second-order valence-electron chi connectivity index (χ2n) is 6.13. The molecule has 1 saturated heterocycles. The van der Waals surface area contributed by atoms with Crippen molar-refractivity contribution in [3.05, 3.63) is 45.3 Å². The topological polar surface area (TPSA) is 42.3 Å². The van der Waals surface area contributed by atoms with Crippen molar-refractivity contribution in [2.45, 2.75) is 23.9 Å². The summed E-state index contributed by atoms with van der Waals surface area (Å²) >= 11 is 15.7. The Bertz CT molecular complexity index is 858. The summed E-state index contributed by atoms with van der Waals surface area (Å²) in [5, 5.41) is 4.40. The van der Waals surface area contributed by atoms with Gasteiger partial charge in [0.25, 0.3) is 0 Å². The molecule has 5 nitrogen and oxygen atoms in total. The number of hydrogen-bond acceptors (Lipinski definition) is 6. The molecule has 2 aromatic rings. The number of hydrogen-bond donors (Lipinski definition) is 1. The number of alkyl halides is 1. The fraction of sp³-hybridized carbons (Fsp3) is 0.444. The highest BCUT2D eigenvalue weighted by atomic mass is 127. The van der Waals surface area contributed by atoms with E-state index < -0.39 is 0 Å². The second-order valence-corrected chi connectivity index (χ2v) is 8.02. The third kappa shape index (κ3) is 4.79. The standard InChI is InChI=1S/C17H19ClN4OS2.CH3I/c1-11-12(3-2-4-13(11)18)10-22-15-14(9-19-16(22)24)25-17(20-15)21-5-7-23-8-6-21;1-2/h2-4,9,17,20H,5-8,10H2,1H3;1H3. The molecule has 0 saturated carbocycles. The molecule has 1 aromatic carbocycles.